The standard InChI is InChI=1S/C8H14N2/c9-8-6-1-5-2-10(3-6)4-7(5)8/h5-8H,1-4,9H2/t5-,6+,7+,8+/m0/s1. The molecule has 3 saturated heterocycles. The summed E-state index contributed by atoms with van der Waals surface area (Å²) in [7, 11) is 0. The molecule has 0 aromatic carbocycles. The molecule has 2 nitrogen and oxygen atoms in total. The maximum Gasteiger partial charge on any atom is 0.0123 e. The van der Waals surface area contributed by atoms with Crippen molar-refractivity contribution < 1.29 is 0 Å². The lowest BCUT2D eigenvalue weighted by atomic mass is 9.95. The lowest BCUT2D eigenvalue weighted by Gasteiger charge is -2.32. The van der Waals surface area contributed by atoms with E-state index in [1.165, 1.54) is 26.1 Å². The second-order valence-corrected chi connectivity index (χ2v) is 4.22. The molecule has 5 atom stereocenters. The van der Waals surface area contributed by atoms with E-state index in [1.54, 1.807) is 0 Å². The Labute approximate surface area is 61.4 Å². The Morgan fingerprint density at radius 2 is 1.90 bits per heavy atom. The van der Waals surface area contributed by atoms with E-state index in [-0.39, 0.29) is 0 Å². The number of hydrogen-bond acceptors (Lipinski definition) is 2. The second-order valence-electron chi connectivity index (χ2n) is 4.22. The Balaban J connectivity index is 1.99. The van der Waals surface area contributed by atoms with Crippen molar-refractivity contribution in [3.63, 3.8) is 0 Å². The van der Waals surface area contributed by atoms with E-state index in [4.69, 9.17) is 5.73 Å². The molecule has 0 aromatic heterocycles. The van der Waals surface area contributed by atoms with Crippen molar-refractivity contribution in [2.24, 2.45) is 23.5 Å². The molecule has 10 heavy (non-hydrogen) atoms. The van der Waals surface area contributed by atoms with Crippen LogP contribution in [0, 0.1) is 17.8 Å². The largest absolute Gasteiger partial charge is 0.327 e. The van der Waals surface area contributed by atoms with E-state index < -0.39 is 0 Å². The summed E-state index contributed by atoms with van der Waals surface area (Å²) in [5, 5.41) is 0. The molecule has 1 saturated carbocycles. The Morgan fingerprint density at radius 3 is 2.60 bits per heavy atom. The van der Waals surface area contributed by atoms with Crippen molar-refractivity contribution in [2.75, 3.05) is 19.6 Å². The average molecular weight is 138 g/mol. The van der Waals surface area contributed by atoms with E-state index in [0.29, 0.717) is 6.04 Å². The van der Waals surface area contributed by atoms with Gasteiger partial charge in [-0.25, -0.2) is 0 Å². The van der Waals surface area contributed by atoms with E-state index in [1.807, 2.05) is 0 Å². The predicted octanol–water partition coefficient (Wildman–Crippen LogP) is -0.105. The molecule has 2 N–H and O–H groups in total. The van der Waals surface area contributed by atoms with E-state index in [9.17, 15) is 0 Å². The zero-order chi connectivity index (χ0) is 6.72. The molecular formula is C8H14N2. The number of rotatable bonds is 0. The fraction of sp³-hybridized carbons (Fsp3) is 1.00. The number of nitrogens with two attached hydrogens (primary N) is 1. The molecule has 1 unspecified atom stereocenters. The van der Waals surface area contributed by atoms with Crippen LogP contribution in [0.3, 0.4) is 0 Å². The molecule has 4 fully saturated rings. The summed E-state index contributed by atoms with van der Waals surface area (Å²) in [6.45, 7) is 3.96. The highest BCUT2D eigenvalue weighted by Gasteiger charge is 2.51. The van der Waals surface area contributed by atoms with Gasteiger partial charge < -0.3 is 10.6 Å². The normalized spacial score (nSPS) is 63.9. The molecular weight excluding hydrogens is 124 g/mol. The topological polar surface area (TPSA) is 29.3 Å². The minimum Gasteiger partial charge on any atom is -0.327 e. The highest BCUT2D eigenvalue weighted by molar-refractivity contribution is 5.05. The molecule has 56 valence electrons. The van der Waals surface area contributed by atoms with Gasteiger partial charge in [-0.05, 0) is 24.2 Å². The number of hydrogen-bond donors (Lipinski definition) is 1. The molecule has 4 bridgehead atoms. The highest BCUT2D eigenvalue weighted by atomic mass is 15.2. The third-order valence-electron chi connectivity index (χ3n) is 3.70. The van der Waals surface area contributed by atoms with Gasteiger partial charge in [0.15, 0.2) is 0 Å². The van der Waals surface area contributed by atoms with Crippen LogP contribution in [0.1, 0.15) is 6.42 Å². The van der Waals surface area contributed by atoms with Crippen molar-refractivity contribution in [3.8, 4) is 0 Å². The van der Waals surface area contributed by atoms with E-state index in [2.05, 4.69) is 4.90 Å². The van der Waals surface area contributed by atoms with Crippen LogP contribution >= 0.6 is 0 Å². The van der Waals surface area contributed by atoms with Gasteiger partial charge in [-0.15, -0.1) is 0 Å². The quantitative estimate of drug-likeness (QED) is 0.506. The Bertz CT molecular complexity index is 163. The molecule has 0 spiro atoms. The summed E-state index contributed by atoms with van der Waals surface area (Å²) in [4.78, 5) is 2.59. The Hall–Kier alpha value is -0.0800. The van der Waals surface area contributed by atoms with Crippen LogP contribution in [0.15, 0.2) is 0 Å². The van der Waals surface area contributed by atoms with Gasteiger partial charge in [0.25, 0.3) is 0 Å². The van der Waals surface area contributed by atoms with Crippen molar-refractivity contribution in [1.82, 2.24) is 4.90 Å². The smallest absolute Gasteiger partial charge is 0.0123 e. The maximum atomic E-state index is 6.07. The summed E-state index contributed by atoms with van der Waals surface area (Å²) in [5.74, 6) is 2.71. The first kappa shape index (κ1) is 5.56. The number of nitrogens with zero attached hydrogens (tertiary/aromatic N) is 1. The summed E-state index contributed by atoms with van der Waals surface area (Å²) >= 11 is 0. The van der Waals surface area contributed by atoms with Crippen molar-refractivity contribution in [2.45, 2.75) is 12.5 Å². The van der Waals surface area contributed by atoms with E-state index in [0.717, 1.165) is 17.8 Å². The Morgan fingerprint density at radius 1 is 1.10 bits per heavy atom. The van der Waals surface area contributed by atoms with Gasteiger partial charge in [-0.1, -0.05) is 0 Å². The van der Waals surface area contributed by atoms with Crippen LogP contribution in [-0.4, -0.2) is 30.6 Å². The molecule has 3 aliphatic heterocycles. The molecule has 2 heteroatoms. The molecule has 0 aromatic rings. The molecule has 0 amide bonds. The summed E-state index contributed by atoms with van der Waals surface area (Å²) in [6.07, 6.45) is 1.43. The SMILES string of the molecule is N[C@@H]1[C@@H]2C[C@H]3CN(C2)C[C@H]31. The van der Waals surface area contributed by atoms with Gasteiger partial charge in [-0.2, -0.15) is 0 Å². The van der Waals surface area contributed by atoms with Gasteiger partial charge in [0.05, 0.1) is 0 Å². The zero-order valence-electron chi connectivity index (χ0n) is 6.16. The Kier molecular flexibility index (Phi) is 0.868. The third-order valence-corrected chi connectivity index (χ3v) is 3.70. The number of piperidine rings is 2. The van der Waals surface area contributed by atoms with Crippen LogP contribution in [0.25, 0.3) is 0 Å². The monoisotopic (exact) mass is 138 g/mol. The van der Waals surface area contributed by atoms with Gasteiger partial charge in [0, 0.05) is 25.7 Å². The summed E-state index contributed by atoms with van der Waals surface area (Å²) < 4.78 is 0. The van der Waals surface area contributed by atoms with Crippen LogP contribution in [0.5, 0.6) is 0 Å². The van der Waals surface area contributed by atoms with Gasteiger partial charge in [0.2, 0.25) is 0 Å². The van der Waals surface area contributed by atoms with Gasteiger partial charge in [0.1, 0.15) is 0 Å². The van der Waals surface area contributed by atoms with Crippen molar-refractivity contribution in [3.05, 3.63) is 0 Å². The molecule has 0 radical (unpaired) electrons. The van der Waals surface area contributed by atoms with Crippen LogP contribution in [0.2, 0.25) is 0 Å². The van der Waals surface area contributed by atoms with Crippen LogP contribution < -0.4 is 5.73 Å². The van der Waals surface area contributed by atoms with Crippen LogP contribution in [-0.2, 0) is 0 Å². The maximum absolute atomic E-state index is 6.07. The zero-order valence-corrected chi connectivity index (χ0v) is 6.16. The first-order valence-electron chi connectivity index (χ1n) is 4.32. The first-order valence-corrected chi connectivity index (χ1v) is 4.32. The van der Waals surface area contributed by atoms with Crippen molar-refractivity contribution in [1.29, 1.82) is 0 Å². The third kappa shape index (κ3) is 0.487. The molecule has 1 aliphatic carbocycles. The predicted molar refractivity (Wildman–Crippen MR) is 39.5 cm³/mol. The molecule has 3 heterocycles. The van der Waals surface area contributed by atoms with Crippen LogP contribution in [0.4, 0.5) is 0 Å². The summed E-state index contributed by atoms with van der Waals surface area (Å²) in [5.41, 5.74) is 6.07. The second kappa shape index (κ2) is 1.56. The fourth-order valence-corrected chi connectivity index (χ4v) is 3.25. The van der Waals surface area contributed by atoms with Crippen molar-refractivity contribution >= 4 is 0 Å². The first-order chi connectivity index (χ1) is 4.84. The van der Waals surface area contributed by atoms with Gasteiger partial charge in [-0.3, -0.25) is 0 Å². The minimum absolute atomic E-state index is 0.559. The highest BCUT2D eigenvalue weighted by Crippen LogP contribution is 2.45. The lowest BCUT2D eigenvalue weighted by molar-refractivity contribution is 0.179. The van der Waals surface area contributed by atoms with Gasteiger partial charge >= 0.3 is 0 Å². The molecule has 4 rings (SSSR count). The average Bonchev–Trinajstić information content (AvgIpc) is 2.31. The van der Waals surface area contributed by atoms with E-state index >= 15 is 0 Å². The summed E-state index contributed by atoms with van der Waals surface area (Å²) in [6, 6.07) is 0.559. The fourth-order valence-electron chi connectivity index (χ4n) is 3.25. The lowest BCUT2D eigenvalue weighted by Crippen LogP contribution is -2.45. The molecule has 4 aliphatic rings. The minimum atomic E-state index is 0.559.